The summed E-state index contributed by atoms with van der Waals surface area (Å²) < 4.78 is 18.0. The first kappa shape index (κ1) is 14.6. The van der Waals surface area contributed by atoms with Gasteiger partial charge in [0, 0.05) is 13.7 Å². The lowest BCUT2D eigenvalue weighted by Crippen LogP contribution is -2.29. The number of hydrogen-bond acceptors (Lipinski definition) is 3. The van der Waals surface area contributed by atoms with Gasteiger partial charge in [-0.3, -0.25) is 4.79 Å². The smallest absolute Gasteiger partial charge is 0.325 e. The predicted molar refractivity (Wildman–Crippen MR) is 66.0 cm³/mol. The molecule has 1 unspecified atom stereocenters. The molecule has 1 aromatic carbocycles. The molecule has 0 aliphatic carbocycles. The van der Waals surface area contributed by atoms with E-state index in [9.17, 15) is 9.18 Å². The van der Waals surface area contributed by atoms with Crippen molar-refractivity contribution in [3.8, 4) is 0 Å². The number of carbonyl (C=O) groups is 1. The second-order valence-electron chi connectivity index (χ2n) is 4.08. The molecule has 2 N–H and O–H groups in total. The number of aryl methyl sites for hydroxylation is 1. The number of carboxylic acid groups (broad SMARTS) is 1. The zero-order valence-electron chi connectivity index (χ0n) is 10.6. The van der Waals surface area contributed by atoms with Gasteiger partial charge >= 0.3 is 5.97 Å². The summed E-state index contributed by atoms with van der Waals surface area (Å²) in [6, 6.07) is 3.51. The van der Waals surface area contributed by atoms with Crippen molar-refractivity contribution in [2.45, 2.75) is 19.4 Å². The van der Waals surface area contributed by atoms with Gasteiger partial charge in [0.05, 0.1) is 0 Å². The fraction of sp³-hybridized carbons (Fsp3) is 0.462. The van der Waals surface area contributed by atoms with E-state index in [2.05, 4.69) is 5.32 Å². The van der Waals surface area contributed by atoms with Crippen LogP contribution in [0.3, 0.4) is 0 Å². The molecule has 1 aromatic rings. The highest BCUT2D eigenvalue weighted by Gasteiger charge is 2.19. The number of aliphatic carboxylic acids is 1. The number of halogens is 1. The SMILES string of the molecule is COCCCNC(C(=O)O)c1ccc(F)c(C)c1. The lowest BCUT2D eigenvalue weighted by Gasteiger charge is -2.15. The van der Waals surface area contributed by atoms with Crippen LogP contribution in [0.4, 0.5) is 4.39 Å². The van der Waals surface area contributed by atoms with Crippen LogP contribution < -0.4 is 5.32 Å². The van der Waals surface area contributed by atoms with Crippen LogP contribution in [0.15, 0.2) is 18.2 Å². The molecular weight excluding hydrogens is 237 g/mol. The second-order valence-corrected chi connectivity index (χ2v) is 4.08. The standard InChI is InChI=1S/C13H18FNO3/c1-9-8-10(4-5-11(9)14)12(13(16)17)15-6-3-7-18-2/h4-5,8,12,15H,3,6-7H2,1-2H3,(H,16,17). The third kappa shape index (κ3) is 4.09. The molecule has 1 atom stereocenters. The van der Waals surface area contributed by atoms with E-state index >= 15 is 0 Å². The minimum absolute atomic E-state index is 0.331. The monoisotopic (exact) mass is 255 g/mol. The van der Waals surface area contributed by atoms with Gasteiger partial charge in [0.2, 0.25) is 0 Å². The molecule has 0 fully saturated rings. The van der Waals surface area contributed by atoms with Gasteiger partial charge in [-0.2, -0.15) is 0 Å². The predicted octanol–water partition coefficient (Wildman–Crippen LogP) is 1.89. The molecular formula is C13H18FNO3. The molecule has 18 heavy (non-hydrogen) atoms. The third-order valence-electron chi connectivity index (χ3n) is 2.64. The van der Waals surface area contributed by atoms with E-state index in [1.54, 1.807) is 20.1 Å². The number of carboxylic acids is 1. The van der Waals surface area contributed by atoms with Crippen LogP contribution in [0.25, 0.3) is 0 Å². The molecule has 0 amide bonds. The number of methoxy groups -OCH3 is 1. The first-order chi connectivity index (χ1) is 8.56. The highest BCUT2D eigenvalue weighted by Crippen LogP contribution is 2.17. The Hall–Kier alpha value is -1.46. The summed E-state index contributed by atoms with van der Waals surface area (Å²) in [5.41, 5.74) is 0.997. The molecule has 0 aromatic heterocycles. The van der Waals surface area contributed by atoms with Crippen LogP contribution in [0.1, 0.15) is 23.6 Å². The summed E-state index contributed by atoms with van der Waals surface area (Å²) in [4.78, 5) is 11.2. The van der Waals surface area contributed by atoms with Crippen LogP contribution in [0.2, 0.25) is 0 Å². The van der Waals surface area contributed by atoms with Gasteiger partial charge in [-0.05, 0) is 37.1 Å². The van der Waals surface area contributed by atoms with E-state index < -0.39 is 12.0 Å². The van der Waals surface area contributed by atoms with Gasteiger partial charge in [0.15, 0.2) is 0 Å². The summed E-state index contributed by atoms with van der Waals surface area (Å²) in [7, 11) is 1.60. The number of benzene rings is 1. The van der Waals surface area contributed by atoms with Gasteiger partial charge in [0.1, 0.15) is 11.9 Å². The van der Waals surface area contributed by atoms with Crippen molar-refractivity contribution < 1.29 is 19.0 Å². The topological polar surface area (TPSA) is 58.6 Å². The van der Waals surface area contributed by atoms with E-state index in [4.69, 9.17) is 9.84 Å². The van der Waals surface area contributed by atoms with Crippen LogP contribution in [0.5, 0.6) is 0 Å². The van der Waals surface area contributed by atoms with Gasteiger partial charge in [-0.25, -0.2) is 4.39 Å². The van der Waals surface area contributed by atoms with E-state index in [0.717, 1.165) is 6.42 Å². The molecule has 0 aliphatic heterocycles. The van der Waals surface area contributed by atoms with E-state index in [1.165, 1.54) is 12.1 Å². The van der Waals surface area contributed by atoms with Gasteiger partial charge in [-0.15, -0.1) is 0 Å². The Morgan fingerprint density at radius 3 is 2.83 bits per heavy atom. The Kier molecular flexibility index (Phi) is 5.74. The Balaban J connectivity index is 2.71. The normalized spacial score (nSPS) is 12.4. The van der Waals surface area contributed by atoms with Crippen molar-refractivity contribution in [3.63, 3.8) is 0 Å². The molecule has 4 nitrogen and oxygen atoms in total. The molecule has 0 bridgehead atoms. The Morgan fingerprint density at radius 1 is 1.56 bits per heavy atom. The molecule has 0 saturated heterocycles. The minimum atomic E-state index is -0.974. The van der Waals surface area contributed by atoms with Crippen molar-refractivity contribution >= 4 is 5.97 Å². The first-order valence-corrected chi connectivity index (χ1v) is 5.77. The zero-order chi connectivity index (χ0) is 13.5. The van der Waals surface area contributed by atoms with Crippen LogP contribution in [0, 0.1) is 12.7 Å². The summed E-state index contributed by atoms with van der Waals surface area (Å²) in [6.07, 6.45) is 0.723. The molecule has 0 aliphatic rings. The van der Waals surface area contributed by atoms with E-state index in [1.807, 2.05) is 0 Å². The number of nitrogens with one attached hydrogen (secondary N) is 1. The van der Waals surface area contributed by atoms with E-state index in [-0.39, 0.29) is 5.82 Å². The Labute approximate surface area is 106 Å². The van der Waals surface area contributed by atoms with Crippen molar-refractivity contribution in [1.29, 1.82) is 0 Å². The molecule has 0 radical (unpaired) electrons. The maximum Gasteiger partial charge on any atom is 0.325 e. The average molecular weight is 255 g/mol. The van der Waals surface area contributed by atoms with E-state index in [0.29, 0.717) is 24.3 Å². The fourth-order valence-electron chi connectivity index (χ4n) is 1.66. The number of ether oxygens (including phenoxy) is 1. The first-order valence-electron chi connectivity index (χ1n) is 5.77. The number of hydrogen-bond donors (Lipinski definition) is 2. The zero-order valence-corrected chi connectivity index (χ0v) is 10.6. The Morgan fingerprint density at radius 2 is 2.28 bits per heavy atom. The maximum absolute atomic E-state index is 13.1. The van der Waals surface area contributed by atoms with Crippen LogP contribution in [-0.4, -0.2) is 31.3 Å². The summed E-state index contributed by atoms with van der Waals surface area (Å²) in [6.45, 7) is 2.71. The van der Waals surface area contributed by atoms with Crippen molar-refractivity contribution in [2.75, 3.05) is 20.3 Å². The van der Waals surface area contributed by atoms with Crippen LogP contribution >= 0.6 is 0 Å². The minimum Gasteiger partial charge on any atom is -0.480 e. The second kappa shape index (κ2) is 7.08. The van der Waals surface area contributed by atoms with Crippen molar-refractivity contribution in [2.24, 2.45) is 0 Å². The average Bonchev–Trinajstić information content (AvgIpc) is 2.32. The summed E-state index contributed by atoms with van der Waals surface area (Å²) in [5, 5.41) is 12.1. The van der Waals surface area contributed by atoms with Crippen molar-refractivity contribution in [1.82, 2.24) is 5.32 Å². The molecule has 0 heterocycles. The highest BCUT2D eigenvalue weighted by atomic mass is 19.1. The highest BCUT2D eigenvalue weighted by molar-refractivity contribution is 5.75. The number of rotatable bonds is 7. The molecule has 0 saturated carbocycles. The summed E-state index contributed by atoms with van der Waals surface area (Å²) in [5.74, 6) is -1.30. The fourth-order valence-corrected chi connectivity index (χ4v) is 1.66. The van der Waals surface area contributed by atoms with Crippen LogP contribution in [-0.2, 0) is 9.53 Å². The van der Waals surface area contributed by atoms with Crippen molar-refractivity contribution in [3.05, 3.63) is 35.1 Å². The summed E-state index contributed by atoms with van der Waals surface area (Å²) >= 11 is 0. The van der Waals surface area contributed by atoms with Gasteiger partial charge in [-0.1, -0.05) is 12.1 Å². The lowest BCUT2D eigenvalue weighted by molar-refractivity contribution is -0.139. The largest absolute Gasteiger partial charge is 0.480 e. The quantitative estimate of drug-likeness (QED) is 0.730. The molecule has 5 heteroatoms. The lowest BCUT2D eigenvalue weighted by atomic mass is 10.0. The van der Waals surface area contributed by atoms with Gasteiger partial charge in [0.25, 0.3) is 0 Å². The van der Waals surface area contributed by atoms with Gasteiger partial charge < -0.3 is 15.2 Å². The Bertz CT molecular complexity index is 409. The third-order valence-corrected chi connectivity index (χ3v) is 2.64. The molecule has 100 valence electrons. The molecule has 1 rings (SSSR count). The molecule has 0 spiro atoms. The maximum atomic E-state index is 13.1.